The first-order valence-electron chi connectivity index (χ1n) is 5.54. The lowest BCUT2D eigenvalue weighted by Gasteiger charge is -2.34. The third-order valence-corrected chi connectivity index (χ3v) is 4.27. The number of hydrogen-bond donors (Lipinski definition) is 1. The predicted molar refractivity (Wildman–Crippen MR) is 72.2 cm³/mol. The summed E-state index contributed by atoms with van der Waals surface area (Å²) in [6.07, 6.45) is -0.152. The third-order valence-electron chi connectivity index (χ3n) is 2.79. The Hall–Kier alpha value is -0.820. The van der Waals surface area contributed by atoms with Crippen LogP contribution in [0.3, 0.4) is 0 Å². The van der Waals surface area contributed by atoms with Crippen LogP contribution in [-0.4, -0.2) is 47.7 Å². The van der Waals surface area contributed by atoms with Gasteiger partial charge in [-0.05, 0) is 6.07 Å². The molecule has 19 heavy (non-hydrogen) atoms. The lowest BCUT2D eigenvalue weighted by Crippen LogP contribution is -2.49. The van der Waals surface area contributed by atoms with Gasteiger partial charge < -0.3 is 14.7 Å². The van der Waals surface area contributed by atoms with Crippen LogP contribution in [0.2, 0.25) is 8.67 Å². The quantitative estimate of drug-likeness (QED) is 0.927. The first kappa shape index (κ1) is 14.6. The molecule has 1 aliphatic rings. The van der Waals surface area contributed by atoms with Gasteiger partial charge in [-0.3, -0.25) is 9.59 Å². The fourth-order valence-corrected chi connectivity index (χ4v) is 3.38. The van der Waals surface area contributed by atoms with Crippen LogP contribution in [0.4, 0.5) is 0 Å². The van der Waals surface area contributed by atoms with Crippen molar-refractivity contribution in [3.8, 4) is 0 Å². The molecule has 1 aromatic heterocycles. The van der Waals surface area contributed by atoms with Crippen molar-refractivity contribution in [3.63, 3.8) is 0 Å². The number of carbonyl (C=O) groups excluding carboxylic acids is 1. The average molecular weight is 324 g/mol. The van der Waals surface area contributed by atoms with Crippen LogP contribution in [0.25, 0.3) is 0 Å². The highest BCUT2D eigenvalue weighted by Crippen LogP contribution is 2.32. The molecule has 104 valence electrons. The molecule has 1 aromatic rings. The summed E-state index contributed by atoms with van der Waals surface area (Å²) in [6.45, 7) is 0.950. The molecule has 0 saturated carbocycles. The Morgan fingerprint density at radius 3 is 2.84 bits per heavy atom. The van der Waals surface area contributed by atoms with E-state index in [1.54, 1.807) is 0 Å². The zero-order valence-electron chi connectivity index (χ0n) is 9.77. The van der Waals surface area contributed by atoms with Gasteiger partial charge >= 0.3 is 5.97 Å². The number of carboxylic acids is 1. The monoisotopic (exact) mass is 323 g/mol. The SMILES string of the molecule is O=C(O)CC1COCCN1C(=O)c1cc(Cl)sc1Cl. The van der Waals surface area contributed by atoms with Gasteiger partial charge in [-0.2, -0.15) is 0 Å². The lowest BCUT2D eigenvalue weighted by molar-refractivity contribution is -0.139. The summed E-state index contributed by atoms with van der Waals surface area (Å²) in [4.78, 5) is 24.7. The molecule has 1 amide bonds. The van der Waals surface area contributed by atoms with E-state index in [4.69, 9.17) is 33.0 Å². The van der Waals surface area contributed by atoms with Crippen molar-refractivity contribution < 1.29 is 19.4 Å². The Bertz CT molecular complexity index is 505. The molecule has 5 nitrogen and oxygen atoms in total. The Kier molecular flexibility index (Phi) is 4.67. The van der Waals surface area contributed by atoms with E-state index >= 15 is 0 Å². The molecule has 2 rings (SSSR count). The maximum absolute atomic E-state index is 12.4. The molecule has 0 radical (unpaired) electrons. The number of hydrogen-bond acceptors (Lipinski definition) is 4. The van der Waals surface area contributed by atoms with Crippen molar-refractivity contribution >= 4 is 46.4 Å². The number of ether oxygens (including phenoxy) is 1. The van der Waals surface area contributed by atoms with Crippen LogP contribution in [0.5, 0.6) is 0 Å². The van der Waals surface area contributed by atoms with E-state index in [1.165, 1.54) is 11.0 Å². The van der Waals surface area contributed by atoms with Crippen molar-refractivity contribution in [1.82, 2.24) is 4.90 Å². The van der Waals surface area contributed by atoms with Crippen LogP contribution < -0.4 is 0 Å². The Balaban J connectivity index is 2.19. The molecule has 1 N–H and O–H groups in total. The summed E-state index contributed by atoms with van der Waals surface area (Å²) >= 11 is 12.9. The first-order valence-corrected chi connectivity index (χ1v) is 7.11. The van der Waals surface area contributed by atoms with E-state index in [0.717, 1.165) is 11.3 Å². The number of carbonyl (C=O) groups is 2. The summed E-state index contributed by atoms with van der Waals surface area (Å²) in [5.41, 5.74) is 0.314. The van der Waals surface area contributed by atoms with Gasteiger partial charge in [-0.15, -0.1) is 11.3 Å². The molecule has 1 saturated heterocycles. The maximum atomic E-state index is 12.4. The number of thiophene rings is 1. The van der Waals surface area contributed by atoms with Gasteiger partial charge in [0.1, 0.15) is 4.34 Å². The second-order valence-electron chi connectivity index (χ2n) is 4.06. The van der Waals surface area contributed by atoms with Crippen LogP contribution in [0.15, 0.2) is 6.07 Å². The highest BCUT2D eigenvalue weighted by atomic mass is 35.5. The fourth-order valence-electron chi connectivity index (χ4n) is 1.93. The summed E-state index contributed by atoms with van der Waals surface area (Å²) in [5.74, 6) is -1.27. The van der Waals surface area contributed by atoms with Gasteiger partial charge in [-0.25, -0.2) is 0 Å². The highest BCUT2D eigenvalue weighted by molar-refractivity contribution is 7.20. The predicted octanol–water partition coefficient (Wildman–Crippen LogP) is 2.37. The Morgan fingerprint density at radius 2 is 2.26 bits per heavy atom. The molecule has 0 bridgehead atoms. The number of aliphatic carboxylic acids is 1. The minimum atomic E-state index is -0.970. The van der Waals surface area contributed by atoms with E-state index in [2.05, 4.69) is 0 Å². The zero-order chi connectivity index (χ0) is 14.0. The van der Waals surface area contributed by atoms with Gasteiger partial charge in [0.2, 0.25) is 0 Å². The first-order chi connectivity index (χ1) is 8.99. The zero-order valence-corrected chi connectivity index (χ0v) is 12.1. The van der Waals surface area contributed by atoms with Crippen LogP contribution >= 0.6 is 34.5 Å². The second kappa shape index (κ2) is 6.09. The van der Waals surface area contributed by atoms with Gasteiger partial charge in [0, 0.05) is 6.54 Å². The molecule has 1 fully saturated rings. The number of halogens is 2. The number of amides is 1. The summed E-state index contributed by atoms with van der Waals surface area (Å²) in [7, 11) is 0. The maximum Gasteiger partial charge on any atom is 0.305 e. The summed E-state index contributed by atoms with van der Waals surface area (Å²) in [6, 6.07) is 1.03. The fraction of sp³-hybridized carbons (Fsp3) is 0.455. The van der Waals surface area contributed by atoms with Crippen LogP contribution in [0.1, 0.15) is 16.8 Å². The summed E-state index contributed by atoms with van der Waals surface area (Å²) < 4.78 is 5.96. The van der Waals surface area contributed by atoms with E-state index in [-0.39, 0.29) is 18.9 Å². The van der Waals surface area contributed by atoms with Crippen LogP contribution in [0, 0.1) is 0 Å². The minimum absolute atomic E-state index is 0.152. The van der Waals surface area contributed by atoms with E-state index in [0.29, 0.717) is 27.4 Å². The molecule has 1 unspecified atom stereocenters. The van der Waals surface area contributed by atoms with E-state index in [1.807, 2.05) is 0 Å². The smallest absolute Gasteiger partial charge is 0.305 e. The van der Waals surface area contributed by atoms with Crippen molar-refractivity contribution in [1.29, 1.82) is 0 Å². The van der Waals surface area contributed by atoms with Gasteiger partial charge in [0.05, 0.1) is 35.6 Å². The molecule has 0 spiro atoms. The normalized spacial score (nSPS) is 19.5. The Labute approximate surface area is 123 Å². The van der Waals surface area contributed by atoms with Gasteiger partial charge in [-0.1, -0.05) is 23.2 Å². The standard InChI is InChI=1S/C11H11Cl2NO4S/c12-8-4-7(10(13)19-8)11(17)14-1-2-18-5-6(14)3-9(15)16/h4,6H,1-3,5H2,(H,15,16). The molecule has 8 heteroatoms. The molecular formula is C11H11Cl2NO4S. The number of rotatable bonds is 3. The topological polar surface area (TPSA) is 66.8 Å². The summed E-state index contributed by atoms with van der Waals surface area (Å²) in [5, 5.41) is 8.86. The molecule has 1 atom stereocenters. The average Bonchev–Trinajstić information content (AvgIpc) is 2.67. The van der Waals surface area contributed by atoms with Crippen molar-refractivity contribution in [2.24, 2.45) is 0 Å². The molecule has 2 heterocycles. The van der Waals surface area contributed by atoms with Crippen molar-refractivity contribution in [2.45, 2.75) is 12.5 Å². The lowest BCUT2D eigenvalue weighted by atomic mass is 10.1. The number of morpholine rings is 1. The molecule has 1 aliphatic heterocycles. The highest BCUT2D eigenvalue weighted by Gasteiger charge is 2.31. The van der Waals surface area contributed by atoms with Gasteiger partial charge in [0.15, 0.2) is 0 Å². The van der Waals surface area contributed by atoms with Crippen molar-refractivity contribution in [3.05, 3.63) is 20.3 Å². The van der Waals surface area contributed by atoms with Gasteiger partial charge in [0.25, 0.3) is 5.91 Å². The molecular weight excluding hydrogens is 313 g/mol. The van der Waals surface area contributed by atoms with Crippen molar-refractivity contribution in [2.75, 3.05) is 19.8 Å². The van der Waals surface area contributed by atoms with E-state index < -0.39 is 12.0 Å². The Morgan fingerprint density at radius 1 is 1.53 bits per heavy atom. The van der Waals surface area contributed by atoms with E-state index in [9.17, 15) is 9.59 Å². The largest absolute Gasteiger partial charge is 0.481 e. The second-order valence-corrected chi connectivity index (χ2v) is 6.35. The minimum Gasteiger partial charge on any atom is -0.481 e. The number of nitrogens with zero attached hydrogens (tertiary/aromatic N) is 1. The molecule has 0 aromatic carbocycles. The van der Waals surface area contributed by atoms with Crippen LogP contribution in [-0.2, 0) is 9.53 Å². The molecule has 0 aliphatic carbocycles. The third kappa shape index (κ3) is 3.39. The number of carboxylic acid groups (broad SMARTS) is 1.